The standard InChI is InChI=1S/C15H29N3O3/c1-10(16)13(19)17-11-8-6-7-9-12(11)18(5)14(20)21-15(2,3)4/h10-12H,6-9,16H2,1-5H3,(H,17,19)/t10-,11?,12?/m0/s1. The van der Waals surface area contributed by atoms with Crippen molar-refractivity contribution in [1.82, 2.24) is 10.2 Å². The fraction of sp³-hybridized carbons (Fsp3) is 0.867. The molecule has 2 unspecified atom stereocenters. The largest absolute Gasteiger partial charge is 0.444 e. The molecule has 1 fully saturated rings. The number of ether oxygens (including phenoxy) is 1. The zero-order chi connectivity index (χ0) is 16.2. The molecule has 6 nitrogen and oxygen atoms in total. The van der Waals surface area contributed by atoms with Gasteiger partial charge in [0.25, 0.3) is 0 Å². The van der Waals surface area contributed by atoms with Crippen LogP contribution in [0.4, 0.5) is 4.79 Å². The number of nitrogens with two attached hydrogens (primary N) is 1. The van der Waals surface area contributed by atoms with E-state index in [2.05, 4.69) is 5.32 Å². The molecule has 0 aromatic heterocycles. The minimum atomic E-state index is -0.542. The van der Waals surface area contributed by atoms with Crippen molar-refractivity contribution in [2.24, 2.45) is 5.73 Å². The fourth-order valence-electron chi connectivity index (χ4n) is 2.53. The Balaban J connectivity index is 2.71. The van der Waals surface area contributed by atoms with Gasteiger partial charge in [-0.05, 0) is 40.5 Å². The molecule has 1 aliphatic carbocycles. The Kier molecular flexibility index (Phi) is 6.01. The van der Waals surface area contributed by atoms with Crippen LogP contribution in [0.1, 0.15) is 53.4 Å². The van der Waals surface area contributed by atoms with Crippen molar-refractivity contribution in [2.75, 3.05) is 7.05 Å². The molecule has 1 rings (SSSR count). The Hall–Kier alpha value is -1.30. The first-order valence-electron chi connectivity index (χ1n) is 7.63. The number of amides is 2. The Morgan fingerprint density at radius 2 is 1.86 bits per heavy atom. The SMILES string of the molecule is C[C@H](N)C(=O)NC1CCCCC1N(C)C(=O)OC(C)(C)C. The van der Waals surface area contributed by atoms with Gasteiger partial charge in [-0.3, -0.25) is 4.79 Å². The number of hydrogen-bond acceptors (Lipinski definition) is 4. The summed E-state index contributed by atoms with van der Waals surface area (Å²) in [6.45, 7) is 7.18. The number of rotatable bonds is 3. The van der Waals surface area contributed by atoms with Crippen molar-refractivity contribution in [3.8, 4) is 0 Å². The molecule has 0 spiro atoms. The van der Waals surface area contributed by atoms with Crippen LogP contribution >= 0.6 is 0 Å². The van der Waals surface area contributed by atoms with Crippen molar-refractivity contribution in [1.29, 1.82) is 0 Å². The first-order valence-corrected chi connectivity index (χ1v) is 7.63. The molecular formula is C15H29N3O3. The Morgan fingerprint density at radius 1 is 1.29 bits per heavy atom. The van der Waals surface area contributed by atoms with Crippen LogP contribution in [0.15, 0.2) is 0 Å². The quantitative estimate of drug-likeness (QED) is 0.829. The maximum absolute atomic E-state index is 12.2. The molecule has 2 amide bonds. The Labute approximate surface area is 127 Å². The average molecular weight is 299 g/mol. The molecule has 0 aliphatic heterocycles. The summed E-state index contributed by atoms with van der Waals surface area (Å²) in [7, 11) is 1.73. The number of carbonyl (C=O) groups is 2. The van der Waals surface area contributed by atoms with Gasteiger partial charge in [0.05, 0.1) is 12.1 Å². The molecule has 0 bridgehead atoms. The summed E-state index contributed by atoms with van der Waals surface area (Å²) in [6, 6.07) is -0.648. The molecule has 6 heteroatoms. The number of carbonyl (C=O) groups excluding carboxylic acids is 2. The molecular weight excluding hydrogens is 270 g/mol. The lowest BCUT2D eigenvalue weighted by Crippen LogP contribution is -2.56. The first-order chi connectivity index (χ1) is 9.61. The summed E-state index contributed by atoms with van der Waals surface area (Å²) < 4.78 is 5.40. The smallest absolute Gasteiger partial charge is 0.410 e. The van der Waals surface area contributed by atoms with Gasteiger partial charge in [0.15, 0.2) is 0 Å². The average Bonchev–Trinajstić information content (AvgIpc) is 2.36. The van der Waals surface area contributed by atoms with Crippen LogP contribution in [0.3, 0.4) is 0 Å². The topological polar surface area (TPSA) is 84.7 Å². The van der Waals surface area contributed by atoms with E-state index in [1.54, 1.807) is 18.9 Å². The van der Waals surface area contributed by atoms with Gasteiger partial charge in [-0.25, -0.2) is 4.79 Å². The zero-order valence-electron chi connectivity index (χ0n) is 13.8. The van der Waals surface area contributed by atoms with E-state index >= 15 is 0 Å². The van der Waals surface area contributed by atoms with E-state index in [1.807, 2.05) is 20.8 Å². The van der Waals surface area contributed by atoms with E-state index in [0.29, 0.717) is 0 Å². The predicted molar refractivity (Wildman–Crippen MR) is 81.8 cm³/mol. The van der Waals surface area contributed by atoms with Crippen molar-refractivity contribution >= 4 is 12.0 Å². The molecule has 0 aromatic carbocycles. The van der Waals surface area contributed by atoms with Crippen molar-refractivity contribution in [2.45, 2.75) is 77.1 Å². The molecule has 0 aromatic rings. The molecule has 1 aliphatic rings. The monoisotopic (exact) mass is 299 g/mol. The van der Waals surface area contributed by atoms with Gasteiger partial charge in [-0.15, -0.1) is 0 Å². The molecule has 0 saturated heterocycles. The summed E-state index contributed by atoms with van der Waals surface area (Å²) in [5, 5.41) is 2.95. The van der Waals surface area contributed by atoms with E-state index in [4.69, 9.17) is 10.5 Å². The van der Waals surface area contributed by atoms with E-state index < -0.39 is 11.6 Å². The molecule has 21 heavy (non-hydrogen) atoms. The van der Waals surface area contributed by atoms with Gasteiger partial charge in [0, 0.05) is 13.1 Å². The summed E-state index contributed by atoms with van der Waals surface area (Å²) in [4.78, 5) is 25.6. The summed E-state index contributed by atoms with van der Waals surface area (Å²) in [5.74, 6) is -0.176. The minimum absolute atomic E-state index is 0.0451. The predicted octanol–water partition coefficient (Wildman–Crippen LogP) is 1.63. The third-order valence-electron chi connectivity index (χ3n) is 3.65. The Morgan fingerprint density at radius 3 is 2.38 bits per heavy atom. The van der Waals surface area contributed by atoms with Crippen molar-refractivity contribution in [3.63, 3.8) is 0 Å². The highest BCUT2D eigenvalue weighted by Crippen LogP contribution is 2.24. The highest BCUT2D eigenvalue weighted by molar-refractivity contribution is 5.81. The highest BCUT2D eigenvalue weighted by atomic mass is 16.6. The summed E-state index contributed by atoms with van der Waals surface area (Å²) in [5.41, 5.74) is 5.08. The summed E-state index contributed by atoms with van der Waals surface area (Å²) >= 11 is 0. The highest BCUT2D eigenvalue weighted by Gasteiger charge is 2.34. The number of nitrogens with zero attached hydrogens (tertiary/aromatic N) is 1. The van der Waals surface area contributed by atoms with E-state index in [1.165, 1.54) is 0 Å². The van der Waals surface area contributed by atoms with Crippen LogP contribution in [0.5, 0.6) is 0 Å². The van der Waals surface area contributed by atoms with Crippen molar-refractivity contribution < 1.29 is 14.3 Å². The molecule has 3 atom stereocenters. The second-order valence-corrected chi connectivity index (χ2v) is 6.85. The van der Waals surface area contributed by atoms with Crippen molar-refractivity contribution in [3.05, 3.63) is 0 Å². The number of hydrogen-bond donors (Lipinski definition) is 2. The van der Waals surface area contributed by atoms with Gasteiger partial charge < -0.3 is 20.7 Å². The van der Waals surface area contributed by atoms with Crippen LogP contribution in [0.25, 0.3) is 0 Å². The molecule has 1 saturated carbocycles. The van der Waals surface area contributed by atoms with Gasteiger partial charge in [-0.2, -0.15) is 0 Å². The second kappa shape index (κ2) is 7.11. The van der Waals surface area contributed by atoms with Crippen LogP contribution in [0, 0.1) is 0 Å². The first kappa shape index (κ1) is 17.8. The minimum Gasteiger partial charge on any atom is -0.444 e. The lowest BCUT2D eigenvalue weighted by molar-refractivity contribution is -0.123. The van der Waals surface area contributed by atoms with E-state index in [9.17, 15) is 9.59 Å². The fourth-order valence-corrected chi connectivity index (χ4v) is 2.53. The maximum Gasteiger partial charge on any atom is 0.410 e. The van der Waals surface area contributed by atoms with E-state index in [0.717, 1.165) is 25.7 Å². The Bertz CT molecular complexity index is 377. The van der Waals surface area contributed by atoms with Crippen LogP contribution in [-0.4, -0.2) is 47.7 Å². The third-order valence-corrected chi connectivity index (χ3v) is 3.65. The zero-order valence-corrected chi connectivity index (χ0v) is 13.8. The van der Waals surface area contributed by atoms with Gasteiger partial charge >= 0.3 is 6.09 Å². The third kappa shape index (κ3) is 5.53. The molecule has 3 N–H and O–H groups in total. The molecule has 0 heterocycles. The maximum atomic E-state index is 12.2. The summed E-state index contributed by atoms with van der Waals surface area (Å²) in [6.07, 6.45) is 3.45. The van der Waals surface area contributed by atoms with Crippen LogP contribution in [-0.2, 0) is 9.53 Å². The van der Waals surface area contributed by atoms with Gasteiger partial charge in [-0.1, -0.05) is 12.8 Å². The lowest BCUT2D eigenvalue weighted by Gasteiger charge is -2.39. The molecule has 0 radical (unpaired) electrons. The van der Waals surface area contributed by atoms with Crippen LogP contribution in [0.2, 0.25) is 0 Å². The van der Waals surface area contributed by atoms with E-state index in [-0.39, 0.29) is 24.1 Å². The molecule has 122 valence electrons. The van der Waals surface area contributed by atoms with Crippen LogP contribution < -0.4 is 11.1 Å². The normalized spacial score (nSPS) is 24.1. The second-order valence-electron chi connectivity index (χ2n) is 6.85. The lowest BCUT2D eigenvalue weighted by atomic mass is 9.89. The number of nitrogens with one attached hydrogen (secondary N) is 1. The number of likely N-dealkylation sites (N-methyl/N-ethyl adjacent to an activating group) is 1. The van der Waals surface area contributed by atoms with Gasteiger partial charge in [0.2, 0.25) is 5.91 Å². The van der Waals surface area contributed by atoms with Gasteiger partial charge in [0.1, 0.15) is 5.60 Å².